The number of hydrogen-bond donors (Lipinski definition) is 2. The first kappa shape index (κ1) is 19.1. The van der Waals surface area contributed by atoms with Crippen LogP contribution in [0.4, 0.5) is 4.79 Å². The van der Waals surface area contributed by atoms with Crippen LogP contribution in [0, 0.1) is 0 Å². The van der Waals surface area contributed by atoms with Crippen molar-refractivity contribution in [3.05, 3.63) is 65.7 Å². The van der Waals surface area contributed by atoms with Crippen molar-refractivity contribution in [1.82, 2.24) is 10.3 Å². The van der Waals surface area contributed by atoms with Gasteiger partial charge >= 0.3 is 12.0 Å². The van der Waals surface area contributed by atoms with E-state index in [9.17, 15) is 14.4 Å². The van der Waals surface area contributed by atoms with Crippen molar-refractivity contribution in [1.29, 1.82) is 0 Å². The van der Waals surface area contributed by atoms with Crippen LogP contribution in [0.5, 0.6) is 5.75 Å². The summed E-state index contributed by atoms with van der Waals surface area (Å²) in [5.41, 5.74) is -0.0496. The fourth-order valence-electron chi connectivity index (χ4n) is 3.01. The van der Waals surface area contributed by atoms with Crippen molar-refractivity contribution in [3.63, 3.8) is 0 Å². The third-order valence-electron chi connectivity index (χ3n) is 4.45. The molecule has 3 amide bonds. The van der Waals surface area contributed by atoms with Crippen molar-refractivity contribution in [3.8, 4) is 5.75 Å². The van der Waals surface area contributed by atoms with Crippen molar-refractivity contribution in [2.75, 3.05) is 6.61 Å². The van der Waals surface area contributed by atoms with Crippen LogP contribution in [0.3, 0.4) is 0 Å². The molecule has 1 heterocycles. The molecular formula is C20H19N3O5. The number of para-hydroxylation sites is 1. The van der Waals surface area contributed by atoms with Crippen LogP contribution in [-0.2, 0) is 15.1 Å². The number of nitrogens with one attached hydrogen (secondary N) is 1. The van der Waals surface area contributed by atoms with E-state index >= 15 is 0 Å². The minimum absolute atomic E-state index is 0.283. The van der Waals surface area contributed by atoms with Crippen LogP contribution in [0.25, 0.3) is 0 Å². The van der Waals surface area contributed by atoms with E-state index in [1.54, 1.807) is 48.5 Å². The third kappa shape index (κ3) is 3.57. The average molecular weight is 381 g/mol. The number of hydrazone groups is 1. The number of hydrogen-bond acceptors (Lipinski definition) is 5. The summed E-state index contributed by atoms with van der Waals surface area (Å²) in [5, 5.41) is 16.3. The number of carboxylic acid groups (broad SMARTS) is 1. The molecule has 2 N–H and O–H groups in total. The quantitative estimate of drug-likeness (QED) is 0.565. The molecule has 0 bridgehead atoms. The topological polar surface area (TPSA) is 108 Å². The van der Waals surface area contributed by atoms with Crippen molar-refractivity contribution < 1.29 is 24.2 Å². The van der Waals surface area contributed by atoms with Gasteiger partial charge in [0.25, 0.3) is 5.91 Å². The standard InChI is InChI=1S/C20H19N3O5/c1-2-20(15-9-4-3-5-10-15)18(26)23(19(27)22-20)21-12-14-8-6-7-11-16(14)28-13-17(24)25/h3-12H,2,13H2,1H3,(H,22,27)(H,24,25)/b21-12-/t20-/m0/s1. The number of carbonyl (C=O) groups excluding carboxylic acids is 2. The molecule has 8 heteroatoms. The van der Waals surface area contributed by atoms with E-state index in [-0.39, 0.29) is 5.75 Å². The molecular weight excluding hydrogens is 362 g/mol. The lowest BCUT2D eigenvalue weighted by Gasteiger charge is -2.24. The first-order chi connectivity index (χ1) is 13.5. The Bertz CT molecular complexity index is 928. The SMILES string of the molecule is CC[C@@]1(c2ccccc2)NC(=O)N(/N=C\c2ccccc2OCC(=O)O)C1=O. The van der Waals surface area contributed by atoms with Gasteiger partial charge in [0.1, 0.15) is 11.3 Å². The number of amides is 3. The van der Waals surface area contributed by atoms with Crippen LogP contribution in [0.2, 0.25) is 0 Å². The zero-order chi connectivity index (χ0) is 20.1. The summed E-state index contributed by atoms with van der Waals surface area (Å²) in [6, 6.07) is 15.0. The fraction of sp³-hybridized carbons (Fsp3) is 0.200. The van der Waals surface area contributed by atoms with Gasteiger partial charge in [-0.1, -0.05) is 49.4 Å². The normalized spacial score (nSPS) is 19.1. The molecule has 2 aromatic rings. The lowest BCUT2D eigenvalue weighted by molar-refractivity contribution is -0.139. The molecule has 1 atom stereocenters. The molecule has 1 aliphatic heterocycles. The molecule has 28 heavy (non-hydrogen) atoms. The second kappa shape index (κ2) is 7.91. The maximum Gasteiger partial charge on any atom is 0.346 e. The lowest BCUT2D eigenvalue weighted by atomic mass is 9.87. The monoisotopic (exact) mass is 381 g/mol. The van der Waals surface area contributed by atoms with Gasteiger partial charge < -0.3 is 15.2 Å². The summed E-state index contributed by atoms with van der Waals surface area (Å²) in [7, 11) is 0. The van der Waals surface area contributed by atoms with E-state index in [1.807, 2.05) is 13.0 Å². The van der Waals surface area contributed by atoms with Crippen molar-refractivity contribution in [2.45, 2.75) is 18.9 Å². The number of ether oxygens (including phenoxy) is 1. The lowest BCUT2D eigenvalue weighted by Crippen LogP contribution is -2.43. The molecule has 2 aromatic carbocycles. The largest absolute Gasteiger partial charge is 0.481 e. The zero-order valence-corrected chi connectivity index (χ0v) is 15.2. The molecule has 1 fully saturated rings. The Morgan fingerprint density at radius 1 is 1.18 bits per heavy atom. The van der Waals surface area contributed by atoms with E-state index in [1.165, 1.54) is 6.21 Å². The molecule has 1 saturated heterocycles. The van der Waals surface area contributed by atoms with Crippen molar-refractivity contribution >= 4 is 24.1 Å². The predicted octanol–water partition coefficient (Wildman–Crippen LogP) is 2.34. The molecule has 144 valence electrons. The minimum atomic E-state index is -1.17. The number of rotatable bonds is 7. The van der Waals surface area contributed by atoms with Crippen LogP contribution in [0.1, 0.15) is 24.5 Å². The number of carbonyl (C=O) groups is 3. The molecule has 0 saturated carbocycles. The Morgan fingerprint density at radius 3 is 2.54 bits per heavy atom. The number of carboxylic acids is 1. The first-order valence-electron chi connectivity index (χ1n) is 8.68. The highest BCUT2D eigenvalue weighted by molar-refractivity contribution is 6.07. The van der Waals surface area contributed by atoms with Crippen LogP contribution in [-0.4, -0.2) is 40.8 Å². The maximum atomic E-state index is 13.0. The Morgan fingerprint density at radius 2 is 1.86 bits per heavy atom. The average Bonchev–Trinajstić information content (AvgIpc) is 2.96. The van der Waals surface area contributed by atoms with Gasteiger partial charge in [-0.15, -0.1) is 5.01 Å². The van der Waals surface area contributed by atoms with Crippen LogP contribution < -0.4 is 10.1 Å². The Balaban J connectivity index is 1.87. The molecule has 0 unspecified atom stereocenters. The van der Waals surface area contributed by atoms with Gasteiger partial charge in [0.05, 0.1) is 6.21 Å². The fourth-order valence-corrected chi connectivity index (χ4v) is 3.01. The van der Waals surface area contributed by atoms with E-state index in [0.717, 1.165) is 5.01 Å². The predicted molar refractivity (Wildman–Crippen MR) is 101 cm³/mol. The molecule has 1 aliphatic rings. The molecule has 8 nitrogen and oxygen atoms in total. The van der Waals surface area contributed by atoms with Crippen molar-refractivity contribution in [2.24, 2.45) is 5.10 Å². The van der Waals surface area contributed by atoms with E-state index in [2.05, 4.69) is 10.4 Å². The van der Waals surface area contributed by atoms with E-state index < -0.39 is 30.1 Å². The Kier molecular flexibility index (Phi) is 5.39. The van der Waals surface area contributed by atoms with Crippen LogP contribution in [0.15, 0.2) is 59.7 Å². The number of benzene rings is 2. The molecule has 0 radical (unpaired) electrons. The number of imide groups is 1. The second-order valence-electron chi connectivity index (χ2n) is 6.14. The van der Waals surface area contributed by atoms with E-state index in [4.69, 9.17) is 9.84 Å². The van der Waals surface area contributed by atoms with Gasteiger partial charge in [0.2, 0.25) is 0 Å². The van der Waals surface area contributed by atoms with Gasteiger partial charge in [-0.25, -0.2) is 9.59 Å². The smallest absolute Gasteiger partial charge is 0.346 e. The zero-order valence-electron chi connectivity index (χ0n) is 15.2. The highest BCUT2D eigenvalue weighted by atomic mass is 16.5. The second-order valence-corrected chi connectivity index (χ2v) is 6.14. The van der Waals surface area contributed by atoms with Gasteiger partial charge in [0.15, 0.2) is 6.61 Å². The van der Waals surface area contributed by atoms with E-state index in [0.29, 0.717) is 17.5 Å². The van der Waals surface area contributed by atoms with Gasteiger partial charge in [0, 0.05) is 5.56 Å². The minimum Gasteiger partial charge on any atom is -0.481 e. The summed E-state index contributed by atoms with van der Waals surface area (Å²) in [6.07, 6.45) is 1.66. The van der Waals surface area contributed by atoms with Gasteiger partial charge in [-0.3, -0.25) is 4.79 Å². The third-order valence-corrected chi connectivity index (χ3v) is 4.45. The van der Waals surface area contributed by atoms with Gasteiger partial charge in [-0.05, 0) is 24.1 Å². The summed E-state index contributed by atoms with van der Waals surface area (Å²) in [4.78, 5) is 36.1. The number of nitrogens with zero attached hydrogens (tertiary/aromatic N) is 2. The Hall–Kier alpha value is -3.68. The molecule has 0 aromatic heterocycles. The summed E-state index contributed by atoms with van der Waals surface area (Å²) >= 11 is 0. The Labute approximate surface area is 161 Å². The number of aliphatic carboxylic acids is 1. The van der Waals surface area contributed by atoms with Crippen LogP contribution >= 0.6 is 0 Å². The summed E-state index contributed by atoms with van der Waals surface area (Å²) in [6.45, 7) is 1.30. The highest BCUT2D eigenvalue weighted by Crippen LogP contribution is 2.32. The molecule has 0 spiro atoms. The molecule has 3 rings (SSSR count). The summed E-state index contributed by atoms with van der Waals surface area (Å²) < 4.78 is 5.20. The number of urea groups is 1. The molecule has 0 aliphatic carbocycles. The highest BCUT2D eigenvalue weighted by Gasteiger charge is 2.51. The maximum absolute atomic E-state index is 13.0. The summed E-state index contributed by atoms with van der Waals surface area (Å²) in [5.74, 6) is -1.31. The van der Waals surface area contributed by atoms with Gasteiger partial charge in [-0.2, -0.15) is 5.10 Å². The first-order valence-corrected chi connectivity index (χ1v) is 8.68.